The first kappa shape index (κ1) is 16.1. The van der Waals surface area contributed by atoms with E-state index in [1.54, 1.807) is 15.9 Å². The highest BCUT2D eigenvalue weighted by Crippen LogP contribution is 2.22. The Morgan fingerprint density at radius 2 is 2.04 bits per heavy atom. The lowest BCUT2D eigenvalue weighted by Crippen LogP contribution is -2.48. The summed E-state index contributed by atoms with van der Waals surface area (Å²) >= 11 is 1.57. The summed E-state index contributed by atoms with van der Waals surface area (Å²) in [4.78, 5) is 33.7. The Labute approximate surface area is 139 Å². The standard InChI is InChI=1S/C16H22N4O2S/c1-3-11-9-12-15(23-11)18-13(4-2)20(16(12)22)10-14(21)19-7-5-17-6-8-19/h9,17H,3-8,10H2,1-2H3. The molecule has 2 aromatic heterocycles. The first-order chi connectivity index (χ1) is 11.1. The van der Waals surface area contributed by atoms with Gasteiger partial charge in [-0.15, -0.1) is 11.3 Å². The summed E-state index contributed by atoms with van der Waals surface area (Å²) in [6, 6.07) is 1.92. The topological polar surface area (TPSA) is 67.2 Å². The molecule has 7 heteroatoms. The molecule has 1 aliphatic rings. The van der Waals surface area contributed by atoms with Crippen LogP contribution in [0, 0.1) is 0 Å². The number of aromatic nitrogens is 2. The van der Waals surface area contributed by atoms with E-state index in [0.717, 1.165) is 29.2 Å². The molecule has 1 saturated heterocycles. The number of nitrogens with one attached hydrogen (secondary N) is 1. The smallest absolute Gasteiger partial charge is 0.262 e. The molecule has 3 heterocycles. The van der Waals surface area contributed by atoms with Crippen molar-refractivity contribution in [2.24, 2.45) is 0 Å². The quantitative estimate of drug-likeness (QED) is 0.906. The van der Waals surface area contributed by atoms with E-state index in [0.29, 0.717) is 30.7 Å². The van der Waals surface area contributed by atoms with Gasteiger partial charge in [-0.3, -0.25) is 14.2 Å². The Morgan fingerprint density at radius 3 is 2.70 bits per heavy atom. The fraction of sp³-hybridized carbons (Fsp3) is 0.562. The van der Waals surface area contributed by atoms with Crippen molar-refractivity contribution in [1.82, 2.24) is 19.8 Å². The minimum absolute atomic E-state index is 0.00426. The largest absolute Gasteiger partial charge is 0.339 e. The molecule has 1 fully saturated rings. The molecule has 1 aliphatic heterocycles. The third-order valence-corrected chi connectivity index (χ3v) is 5.38. The van der Waals surface area contributed by atoms with Crippen molar-refractivity contribution in [2.45, 2.75) is 33.2 Å². The number of hydrogen-bond donors (Lipinski definition) is 1. The van der Waals surface area contributed by atoms with E-state index in [1.165, 1.54) is 0 Å². The molecule has 124 valence electrons. The molecule has 2 aromatic rings. The van der Waals surface area contributed by atoms with Crippen LogP contribution in [0.2, 0.25) is 0 Å². The number of nitrogens with zero attached hydrogens (tertiary/aromatic N) is 3. The summed E-state index contributed by atoms with van der Waals surface area (Å²) < 4.78 is 1.55. The second-order valence-corrected chi connectivity index (χ2v) is 6.80. The Bertz CT molecular complexity index is 774. The molecule has 3 rings (SSSR count). The molecule has 0 atom stereocenters. The van der Waals surface area contributed by atoms with E-state index in [9.17, 15) is 9.59 Å². The van der Waals surface area contributed by atoms with Crippen LogP contribution in [0.4, 0.5) is 0 Å². The van der Waals surface area contributed by atoms with Gasteiger partial charge in [-0.1, -0.05) is 13.8 Å². The zero-order chi connectivity index (χ0) is 16.4. The van der Waals surface area contributed by atoms with Gasteiger partial charge in [-0.2, -0.15) is 0 Å². The van der Waals surface area contributed by atoms with Crippen LogP contribution in [0.1, 0.15) is 24.5 Å². The van der Waals surface area contributed by atoms with Gasteiger partial charge in [0.05, 0.1) is 5.39 Å². The van der Waals surface area contributed by atoms with Crippen LogP contribution < -0.4 is 10.9 Å². The molecule has 0 radical (unpaired) electrons. The predicted octanol–water partition coefficient (Wildman–Crippen LogP) is 1.01. The van der Waals surface area contributed by atoms with Gasteiger partial charge in [0, 0.05) is 37.5 Å². The van der Waals surface area contributed by atoms with Crippen LogP contribution in [0.15, 0.2) is 10.9 Å². The zero-order valence-electron chi connectivity index (χ0n) is 13.6. The highest BCUT2D eigenvalue weighted by Gasteiger charge is 2.20. The van der Waals surface area contributed by atoms with E-state index < -0.39 is 0 Å². The van der Waals surface area contributed by atoms with Gasteiger partial charge in [-0.25, -0.2) is 4.98 Å². The molecule has 0 bridgehead atoms. The van der Waals surface area contributed by atoms with Crippen molar-refractivity contribution in [3.63, 3.8) is 0 Å². The van der Waals surface area contributed by atoms with Crippen LogP contribution >= 0.6 is 11.3 Å². The summed E-state index contributed by atoms with van der Waals surface area (Å²) in [5.74, 6) is 0.686. The zero-order valence-corrected chi connectivity index (χ0v) is 14.4. The van der Waals surface area contributed by atoms with Gasteiger partial charge in [0.15, 0.2) is 0 Å². The van der Waals surface area contributed by atoms with E-state index in [4.69, 9.17) is 0 Å². The van der Waals surface area contributed by atoms with Gasteiger partial charge in [-0.05, 0) is 12.5 Å². The lowest BCUT2D eigenvalue weighted by molar-refractivity contribution is -0.132. The molecule has 0 saturated carbocycles. The van der Waals surface area contributed by atoms with Crippen LogP contribution in [-0.2, 0) is 24.2 Å². The number of aryl methyl sites for hydroxylation is 2. The Balaban J connectivity index is 1.96. The average Bonchev–Trinajstić information content (AvgIpc) is 3.01. The van der Waals surface area contributed by atoms with Crippen molar-refractivity contribution in [2.75, 3.05) is 26.2 Å². The van der Waals surface area contributed by atoms with Gasteiger partial charge in [0.1, 0.15) is 17.2 Å². The molecular weight excluding hydrogens is 312 g/mol. The second kappa shape index (κ2) is 6.80. The third-order valence-electron chi connectivity index (χ3n) is 4.21. The Morgan fingerprint density at radius 1 is 1.30 bits per heavy atom. The number of rotatable bonds is 4. The molecule has 0 spiro atoms. The van der Waals surface area contributed by atoms with Crippen molar-refractivity contribution in [3.05, 3.63) is 27.1 Å². The fourth-order valence-corrected chi connectivity index (χ4v) is 3.84. The highest BCUT2D eigenvalue weighted by atomic mass is 32.1. The summed E-state index contributed by atoms with van der Waals surface area (Å²) in [7, 11) is 0. The van der Waals surface area contributed by atoms with E-state index in [2.05, 4.69) is 17.2 Å². The van der Waals surface area contributed by atoms with Gasteiger partial charge >= 0.3 is 0 Å². The van der Waals surface area contributed by atoms with Crippen molar-refractivity contribution < 1.29 is 4.79 Å². The van der Waals surface area contributed by atoms with E-state index >= 15 is 0 Å². The number of carbonyl (C=O) groups excluding carboxylic acids is 1. The number of fused-ring (bicyclic) bond motifs is 1. The summed E-state index contributed by atoms with van der Waals surface area (Å²) in [5.41, 5.74) is -0.0914. The Hall–Kier alpha value is -1.73. The SMILES string of the molecule is CCc1cc2c(=O)n(CC(=O)N3CCNCC3)c(CC)nc2s1. The normalized spacial score (nSPS) is 15.3. The van der Waals surface area contributed by atoms with Crippen molar-refractivity contribution in [1.29, 1.82) is 0 Å². The van der Waals surface area contributed by atoms with E-state index in [1.807, 2.05) is 17.9 Å². The first-order valence-corrected chi connectivity index (χ1v) is 8.96. The maximum atomic E-state index is 12.8. The minimum atomic E-state index is -0.0914. The maximum Gasteiger partial charge on any atom is 0.262 e. The molecule has 1 amide bonds. The highest BCUT2D eigenvalue weighted by molar-refractivity contribution is 7.18. The maximum absolute atomic E-state index is 12.8. The van der Waals surface area contributed by atoms with Gasteiger partial charge in [0.25, 0.3) is 5.56 Å². The van der Waals surface area contributed by atoms with Crippen LogP contribution in [0.25, 0.3) is 10.2 Å². The summed E-state index contributed by atoms with van der Waals surface area (Å²) in [6.07, 6.45) is 1.53. The van der Waals surface area contributed by atoms with Gasteiger partial charge < -0.3 is 10.2 Å². The molecule has 0 aromatic carbocycles. The van der Waals surface area contributed by atoms with Crippen molar-refractivity contribution in [3.8, 4) is 0 Å². The second-order valence-electron chi connectivity index (χ2n) is 5.69. The van der Waals surface area contributed by atoms with Crippen LogP contribution in [0.3, 0.4) is 0 Å². The third kappa shape index (κ3) is 3.16. The number of amides is 1. The van der Waals surface area contributed by atoms with Crippen LogP contribution in [-0.4, -0.2) is 46.5 Å². The lowest BCUT2D eigenvalue weighted by Gasteiger charge is -2.27. The fourth-order valence-electron chi connectivity index (χ4n) is 2.86. The van der Waals surface area contributed by atoms with Crippen molar-refractivity contribution >= 4 is 27.5 Å². The Kier molecular flexibility index (Phi) is 4.77. The molecule has 1 N–H and O–H groups in total. The minimum Gasteiger partial charge on any atom is -0.339 e. The van der Waals surface area contributed by atoms with Crippen LogP contribution in [0.5, 0.6) is 0 Å². The monoisotopic (exact) mass is 334 g/mol. The average molecular weight is 334 g/mol. The van der Waals surface area contributed by atoms with Gasteiger partial charge in [0.2, 0.25) is 5.91 Å². The molecule has 23 heavy (non-hydrogen) atoms. The van der Waals surface area contributed by atoms with E-state index in [-0.39, 0.29) is 18.0 Å². The predicted molar refractivity (Wildman–Crippen MR) is 92.1 cm³/mol. The number of piperazine rings is 1. The summed E-state index contributed by atoms with van der Waals surface area (Å²) in [5, 5.41) is 3.86. The summed E-state index contributed by atoms with van der Waals surface area (Å²) in [6.45, 7) is 7.13. The molecule has 0 unspecified atom stereocenters. The lowest BCUT2D eigenvalue weighted by atomic mass is 10.3. The molecular formula is C16H22N4O2S. The number of hydrogen-bond acceptors (Lipinski definition) is 5. The number of carbonyl (C=O) groups is 1. The first-order valence-electron chi connectivity index (χ1n) is 8.14. The molecule has 6 nitrogen and oxygen atoms in total. The molecule has 0 aliphatic carbocycles. The number of thiophene rings is 1.